The maximum Gasteiger partial charge on any atom is 0.246 e. The zero-order valence-corrected chi connectivity index (χ0v) is 14.2. The highest BCUT2D eigenvalue weighted by Gasteiger charge is 2.05. The van der Waals surface area contributed by atoms with Crippen LogP contribution in [-0.2, 0) is 27.2 Å². The average molecular weight is 340 g/mol. The molecule has 2 aromatic carbocycles. The molecule has 2 N–H and O–H groups in total. The lowest BCUT2D eigenvalue weighted by Crippen LogP contribution is -2.39. The van der Waals surface area contributed by atoms with Gasteiger partial charge in [-0.2, -0.15) is 0 Å². The molecule has 0 spiro atoms. The van der Waals surface area contributed by atoms with Crippen LogP contribution >= 0.6 is 0 Å². The van der Waals surface area contributed by atoms with E-state index in [1.54, 1.807) is 0 Å². The highest BCUT2D eigenvalue weighted by molar-refractivity contribution is 5.85. The normalized spacial score (nSPS) is 10.2. The number of carbonyl (C=O) groups excluding carboxylic acids is 2. The number of nitrogens with one attached hydrogen (secondary N) is 2. The largest absolute Gasteiger partial charge is 0.371 e. The third-order valence-electron chi connectivity index (χ3n) is 3.64. The number of ether oxygens (including phenoxy) is 1. The Balaban J connectivity index is 1.50. The summed E-state index contributed by atoms with van der Waals surface area (Å²) in [5.74, 6) is -0.486. The summed E-state index contributed by atoms with van der Waals surface area (Å²) >= 11 is 0. The highest BCUT2D eigenvalue weighted by atomic mass is 16.5. The van der Waals surface area contributed by atoms with Crippen LogP contribution in [0.4, 0.5) is 0 Å². The second kappa shape index (κ2) is 11.0. The SMILES string of the molecule is O=C(CNC(=O)COCCc1ccccc1)NCCc1ccccc1. The van der Waals surface area contributed by atoms with Gasteiger partial charge in [0, 0.05) is 6.54 Å². The molecule has 5 heteroatoms. The summed E-state index contributed by atoms with van der Waals surface area (Å²) in [7, 11) is 0. The van der Waals surface area contributed by atoms with Crippen molar-refractivity contribution in [3.63, 3.8) is 0 Å². The van der Waals surface area contributed by atoms with Crippen LogP contribution in [0, 0.1) is 0 Å². The molecular formula is C20H24N2O3. The topological polar surface area (TPSA) is 67.4 Å². The van der Waals surface area contributed by atoms with Gasteiger partial charge in [0.05, 0.1) is 13.2 Å². The van der Waals surface area contributed by atoms with Gasteiger partial charge in [-0.25, -0.2) is 0 Å². The van der Waals surface area contributed by atoms with Gasteiger partial charge in [-0.3, -0.25) is 9.59 Å². The summed E-state index contributed by atoms with van der Waals surface area (Å²) in [5, 5.41) is 5.33. The average Bonchev–Trinajstić information content (AvgIpc) is 2.65. The van der Waals surface area contributed by atoms with Crippen LogP contribution in [0.2, 0.25) is 0 Å². The minimum Gasteiger partial charge on any atom is -0.371 e. The molecule has 0 fully saturated rings. The van der Waals surface area contributed by atoms with Crippen molar-refractivity contribution in [1.29, 1.82) is 0 Å². The van der Waals surface area contributed by atoms with E-state index in [4.69, 9.17) is 4.74 Å². The Morgan fingerprint density at radius 2 is 1.36 bits per heavy atom. The zero-order chi connectivity index (χ0) is 17.7. The first kappa shape index (κ1) is 18.7. The van der Waals surface area contributed by atoms with E-state index in [1.165, 1.54) is 11.1 Å². The van der Waals surface area contributed by atoms with Crippen molar-refractivity contribution in [2.45, 2.75) is 12.8 Å². The van der Waals surface area contributed by atoms with Gasteiger partial charge in [0.2, 0.25) is 11.8 Å². The van der Waals surface area contributed by atoms with Gasteiger partial charge >= 0.3 is 0 Å². The molecule has 25 heavy (non-hydrogen) atoms. The van der Waals surface area contributed by atoms with Gasteiger partial charge in [0.15, 0.2) is 0 Å². The van der Waals surface area contributed by atoms with E-state index in [0.717, 1.165) is 12.8 Å². The molecule has 0 aromatic heterocycles. The Labute approximate surface area is 148 Å². The quantitative estimate of drug-likeness (QED) is 0.647. The molecule has 0 aliphatic rings. The van der Waals surface area contributed by atoms with E-state index in [2.05, 4.69) is 10.6 Å². The number of benzene rings is 2. The van der Waals surface area contributed by atoms with Gasteiger partial charge in [-0.05, 0) is 24.0 Å². The molecule has 0 radical (unpaired) electrons. The molecule has 0 aliphatic heterocycles. The summed E-state index contributed by atoms with van der Waals surface area (Å²) in [4.78, 5) is 23.3. The molecule has 132 valence electrons. The van der Waals surface area contributed by atoms with Crippen LogP contribution < -0.4 is 10.6 Å². The lowest BCUT2D eigenvalue weighted by Gasteiger charge is -2.08. The Morgan fingerprint density at radius 1 is 0.760 bits per heavy atom. The fraction of sp³-hybridized carbons (Fsp3) is 0.300. The molecule has 0 atom stereocenters. The number of amides is 2. The lowest BCUT2D eigenvalue weighted by molar-refractivity contribution is -0.129. The van der Waals surface area contributed by atoms with Crippen LogP contribution in [0.15, 0.2) is 60.7 Å². The van der Waals surface area contributed by atoms with Crippen LogP contribution in [-0.4, -0.2) is 38.1 Å². The second-order valence-corrected chi connectivity index (χ2v) is 5.65. The van der Waals surface area contributed by atoms with E-state index in [9.17, 15) is 9.59 Å². The fourth-order valence-electron chi connectivity index (χ4n) is 2.28. The van der Waals surface area contributed by atoms with E-state index in [0.29, 0.717) is 13.2 Å². The molecule has 2 amide bonds. The first-order valence-electron chi connectivity index (χ1n) is 8.43. The molecule has 0 heterocycles. The van der Waals surface area contributed by atoms with Crippen LogP contribution in [0.1, 0.15) is 11.1 Å². The molecule has 0 saturated carbocycles. The number of rotatable bonds is 10. The van der Waals surface area contributed by atoms with Gasteiger partial charge in [-0.15, -0.1) is 0 Å². The minimum absolute atomic E-state index is 0.0321. The van der Waals surface area contributed by atoms with Gasteiger partial charge in [-0.1, -0.05) is 60.7 Å². The Kier molecular flexibility index (Phi) is 8.21. The smallest absolute Gasteiger partial charge is 0.246 e. The summed E-state index contributed by atoms with van der Waals surface area (Å²) in [5.41, 5.74) is 2.33. The first-order valence-corrected chi connectivity index (χ1v) is 8.43. The van der Waals surface area contributed by atoms with Crippen molar-refractivity contribution in [3.05, 3.63) is 71.8 Å². The van der Waals surface area contributed by atoms with Crippen molar-refractivity contribution < 1.29 is 14.3 Å². The fourth-order valence-corrected chi connectivity index (χ4v) is 2.28. The van der Waals surface area contributed by atoms with Gasteiger partial charge < -0.3 is 15.4 Å². The Bertz CT molecular complexity index is 645. The summed E-state index contributed by atoms with van der Waals surface area (Å²) < 4.78 is 5.33. The lowest BCUT2D eigenvalue weighted by atomic mass is 10.1. The summed E-state index contributed by atoms with van der Waals surface area (Å²) in [6.07, 6.45) is 1.53. The molecule has 0 bridgehead atoms. The second-order valence-electron chi connectivity index (χ2n) is 5.65. The monoisotopic (exact) mass is 340 g/mol. The van der Waals surface area contributed by atoms with Crippen molar-refractivity contribution in [2.24, 2.45) is 0 Å². The predicted octanol–water partition coefficient (Wildman–Crippen LogP) is 1.72. The van der Waals surface area contributed by atoms with Gasteiger partial charge in [0.25, 0.3) is 0 Å². The third-order valence-corrected chi connectivity index (χ3v) is 3.64. The van der Waals surface area contributed by atoms with E-state index in [1.807, 2.05) is 60.7 Å². The maximum atomic E-state index is 11.7. The molecule has 0 saturated heterocycles. The van der Waals surface area contributed by atoms with Crippen LogP contribution in [0.25, 0.3) is 0 Å². The molecular weight excluding hydrogens is 316 g/mol. The minimum atomic E-state index is -0.286. The summed E-state index contributed by atoms with van der Waals surface area (Å²) in [6, 6.07) is 19.9. The molecule has 5 nitrogen and oxygen atoms in total. The van der Waals surface area contributed by atoms with E-state index < -0.39 is 0 Å². The van der Waals surface area contributed by atoms with Crippen LogP contribution in [0.5, 0.6) is 0 Å². The Hall–Kier alpha value is -2.66. The Morgan fingerprint density at radius 3 is 2.00 bits per heavy atom. The molecule has 2 aromatic rings. The van der Waals surface area contributed by atoms with E-state index >= 15 is 0 Å². The summed E-state index contributed by atoms with van der Waals surface area (Å²) in [6.45, 7) is 0.951. The molecule has 0 aliphatic carbocycles. The standard InChI is InChI=1S/C20H24N2O3/c23-19(21-13-11-17-7-3-1-4-8-17)15-22-20(24)16-25-14-12-18-9-5-2-6-10-18/h1-10H,11-16H2,(H,21,23)(H,22,24). The number of hydrogen-bond donors (Lipinski definition) is 2. The molecule has 0 unspecified atom stereocenters. The van der Waals surface area contributed by atoms with Crippen molar-refractivity contribution in [2.75, 3.05) is 26.3 Å². The number of hydrogen-bond acceptors (Lipinski definition) is 3. The van der Waals surface area contributed by atoms with Gasteiger partial charge in [0.1, 0.15) is 6.61 Å². The van der Waals surface area contributed by atoms with Crippen molar-refractivity contribution >= 4 is 11.8 Å². The molecule has 2 rings (SSSR count). The van der Waals surface area contributed by atoms with Crippen molar-refractivity contribution in [1.82, 2.24) is 10.6 Å². The van der Waals surface area contributed by atoms with E-state index in [-0.39, 0.29) is 25.0 Å². The highest BCUT2D eigenvalue weighted by Crippen LogP contribution is 1.99. The maximum absolute atomic E-state index is 11.7. The van der Waals surface area contributed by atoms with Crippen LogP contribution in [0.3, 0.4) is 0 Å². The third kappa shape index (κ3) is 8.13. The predicted molar refractivity (Wildman–Crippen MR) is 97.1 cm³/mol. The zero-order valence-electron chi connectivity index (χ0n) is 14.2. The first-order chi connectivity index (χ1) is 12.2. The van der Waals surface area contributed by atoms with Crippen molar-refractivity contribution in [3.8, 4) is 0 Å². The number of carbonyl (C=O) groups is 2.